The Kier molecular flexibility index (Phi) is 2.87. The Hall–Kier alpha value is -2.29. The molecular weight excluding hydrogens is 206 g/mol. The molecule has 2 heterocycles. The van der Waals surface area contributed by atoms with Crippen molar-refractivity contribution in [1.82, 2.24) is 20.1 Å². The van der Waals surface area contributed by atoms with Crippen LogP contribution in [0.3, 0.4) is 0 Å². The average molecular weight is 215 g/mol. The summed E-state index contributed by atoms with van der Waals surface area (Å²) in [4.78, 5) is 12.3. The van der Waals surface area contributed by atoms with Crippen molar-refractivity contribution in [2.24, 2.45) is 0 Å². The summed E-state index contributed by atoms with van der Waals surface area (Å²) in [6.07, 6.45) is 4.19. The standard InChI is InChI=1S/C10H9N5O/c1-7-5-12-9(13-6-7)10-14-8(16-15-10)3-2-4-11/h5-6H,2-3H2,1H3. The van der Waals surface area contributed by atoms with Crippen molar-refractivity contribution in [3.8, 4) is 17.7 Å². The lowest BCUT2D eigenvalue weighted by molar-refractivity contribution is 0.379. The van der Waals surface area contributed by atoms with E-state index in [1.54, 1.807) is 12.4 Å². The predicted octanol–water partition coefficient (Wildman–Crippen LogP) is 1.29. The Labute approximate surface area is 92.0 Å². The molecule has 0 unspecified atom stereocenters. The maximum absolute atomic E-state index is 8.42. The maximum Gasteiger partial charge on any atom is 0.240 e. The fourth-order valence-electron chi connectivity index (χ4n) is 1.12. The molecule has 0 spiro atoms. The first-order valence-corrected chi connectivity index (χ1v) is 4.78. The summed E-state index contributed by atoms with van der Waals surface area (Å²) in [7, 11) is 0. The van der Waals surface area contributed by atoms with Crippen molar-refractivity contribution in [1.29, 1.82) is 5.26 Å². The number of aromatic nitrogens is 4. The molecule has 6 heteroatoms. The molecule has 0 fully saturated rings. The van der Waals surface area contributed by atoms with Gasteiger partial charge >= 0.3 is 0 Å². The third-order valence-electron chi connectivity index (χ3n) is 1.90. The molecule has 0 atom stereocenters. The van der Waals surface area contributed by atoms with Gasteiger partial charge in [-0.1, -0.05) is 5.16 Å². The Balaban J connectivity index is 2.18. The molecule has 16 heavy (non-hydrogen) atoms. The van der Waals surface area contributed by atoms with Crippen molar-refractivity contribution >= 4 is 0 Å². The van der Waals surface area contributed by atoms with Crippen LogP contribution in [-0.2, 0) is 6.42 Å². The Morgan fingerprint density at radius 2 is 2.06 bits per heavy atom. The van der Waals surface area contributed by atoms with Gasteiger partial charge in [0, 0.05) is 25.2 Å². The topological polar surface area (TPSA) is 88.5 Å². The van der Waals surface area contributed by atoms with Crippen molar-refractivity contribution in [3.63, 3.8) is 0 Å². The monoisotopic (exact) mass is 215 g/mol. The van der Waals surface area contributed by atoms with Crippen LogP contribution in [0.5, 0.6) is 0 Å². The maximum atomic E-state index is 8.42. The highest BCUT2D eigenvalue weighted by Gasteiger charge is 2.10. The van der Waals surface area contributed by atoms with Crippen molar-refractivity contribution in [2.75, 3.05) is 0 Å². The number of nitriles is 1. The van der Waals surface area contributed by atoms with E-state index in [-0.39, 0.29) is 0 Å². The first-order valence-electron chi connectivity index (χ1n) is 4.78. The smallest absolute Gasteiger partial charge is 0.240 e. The van der Waals surface area contributed by atoms with Crippen molar-refractivity contribution in [3.05, 3.63) is 23.8 Å². The summed E-state index contributed by atoms with van der Waals surface area (Å²) in [6, 6.07) is 2.01. The molecule has 80 valence electrons. The molecule has 0 bridgehead atoms. The molecule has 2 aromatic rings. The highest BCUT2D eigenvalue weighted by molar-refractivity contribution is 5.40. The van der Waals surface area contributed by atoms with E-state index >= 15 is 0 Å². The van der Waals surface area contributed by atoms with Crippen LogP contribution < -0.4 is 0 Å². The van der Waals surface area contributed by atoms with Gasteiger partial charge in [-0.25, -0.2) is 9.97 Å². The van der Waals surface area contributed by atoms with Crippen LogP contribution in [0.1, 0.15) is 17.9 Å². The van der Waals surface area contributed by atoms with E-state index in [0.29, 0.717) is 30.4 Å². The lowest BCUT2D eigenvalue weighted by atomic mass is 10.3. The lowest BCUT2D eigenvalue weighted by Crippen LogP contribution is -1.91. The molecule has 0 aliphatic heterocycles. The van der Waals surface area contributed by atoms with Gasteiger partial charge in [0.15, 0.2) is 0 Å². The zero-order valence-corrected chi connectivity index (χ0v) is 8.71. The van der Waals surface area contributed by atoms with Gasteiger partial charge in [0.2, 0.25) is 17.5 Å². The third kappa shape index (κ3) is 2.20. The third-order valence-corrected chi connectivity index (χ3v) is 1.90. The van der Waals surface area contributed by atoms with Gasteiger partial charge in [-0.05, 0) is 12.5 Å². The zero-order chi connectivity index (χ0) is 11.4. The minimum atomic E-state index is 0.355. The molecular formula is C10H9N5O. The zero-order valence-electron chi connectivity index (χ0n) is 8.71. The first-order chi connectivity index (χ1) is 7.79. The SMILES string of the molecule is Cc1cnc(-c2noc(CCC#N)n2)nc1. The molecule has 2 rings (SSSR count). The summed E-state index contributed by atoms with van der Waals surface area (Å²) in [6.45, 7) is 1.90. The van der Waals surface area contributed by atoms with E-state index in [9.17, 15) is 0 Å². The van der Waals surface area contributed by atoms with Gasteiger partial charge in [-0.15, -0.1) is 0 Å². The Bertz CT molecular complexity index is 511. The minimum absolute atomic E-state index is 0.355. The summed E-state index contributed by atoms with van der Waals surface area (Å²) in [5.41, 5.74) is 0.969. The molecule has 0 aromatic carbocycles. The molecule has 0 N–H and O–H groups in total. The molecule has 0 aliphatic carbocycles. The van der Waals surface area contributed by atoms with Gasteiger partial charge < -0.3 is 4.52 Å². The predicted molar refractivity (Wildman–Crippen MR) is 54.0 cm³/mol. The van der Waals surface area contributed by atoms with E-state index in [1.165, 1.54) is 0 Å². The number of hydrogen-bond donors (Lipinski definition) is 0. The molecule has 0 aliphatic rings. The number of hydrogen-bond acceptors (Lipinski definition) is 6. The average Bonchev–Trinajstić information content (AvgIpc) is 2.76. The molecule has 0 amide bonds. The fourth-order valence-corrected chi connectivity index (χ4v) is 1.12. The first kappa shape index (κ1) is 10.2. The largest absolute Gasteiger partial charge is 0.339 e. The quantitative estimate of drug-likeness (QED) is 0.766. The number of aryl methyl sites for hydroxylation is 2. The highest BCUT2D eigenvalue weighted by Crippen LogP contribution is 2.10. The van der Waals surface area contributed by atoms with Crippen molar-refractivity contribution < 1.29 is 4.52 Å². The number of nitrogens with zero attached hydrogens (tertiary/aromatic N) is 5. The summed E-state index contributed by atoms with van der Waals surface area (Å²) >= 11 is 0. The minimum Gasteiger partial charge on any atom is -0.339 e. The molecule has 0 saturated carbocycles. The van der Waals surface area contributed by atoms with Crippen LogP contribution in [0.15, 0.2) is 16.9 Å². The van der Waals surface area contributed by atoms with Crippen LogP contribution in [0.25, 0.3) is 11.6 Å². The van der Waals surface area contributed by atoms with E-state index < -0.39 is 0 Å². The molecule has 0 saturated heterocycles. The highest BCUT2D eigenvalue weighted by atomic mass is 16.5. The summed E-state index contributed by atoms with van der Waals surface area (Å²) < 4.78 is 4.96. The normalized spacial score (nSPS) is 10.0. The van der Waals surface area contributed by atoms with Crippen LogP contribution in [0.4, 0.5) is 0 Å². The fraction of sp³-hybridized carbons (Fsp3) is 0.300. The van der Waals surface area contributed by atoms with Crippen molar-refractivity contribution in [2.45, 2.75) is 19.8 Å². The Morgan fingerprint density at radius 3 is 2.75 bits per heavy atom. The van der Waals surface area contributed by atoms with E-state index in [2.05, 4.69) is 20.1 Å². The molecule has 2 aromatic heterocycles. The van der Waals surface area contributed by atoms with Gasteiger partial charge in [0.25, 0.3) is 0 Å². The van der Waals surface area contributed by atoms with Gasteiger partial charge in [-0.2, -0.15) is 10.2 Å². The van der Waals surface area contributed by atoms with E-state index in [4.69, 9.17) is 9.78 Å². The molecule has 0 radical (unpaired) electrons. The van der Waals surface area contributed by atoms with Gasteiger partial charge in [0.1, 0.15) is 0 Å². The lowest BCUT2D eigenvalue weighted by Gasteiger charge is -1.92. The van der Waals surface area contributed by atoms with Gasteiger partial charge in [-0.3, -0.25) is 0 Å². The van der Waals surface area contributed by atoms with Crippen LogP contribution in [-0.4, -0.2) is 20.1 Å². The van der Waals surface area contributed by atoms with Crippen LogP contribution in [0.2, 0.25) is 0 Å². The Morgan fingerprint density at radius 1 is 1.31 bits per heavy atom. The molecule has 6 nitrogen and oxygen atoms in total. The summed E-state index contributed by atoms with van der Waals surface area (Å²) in [5, 5.41) is 12.2. The number of rotatable bonds is 3. The van der Waals surface area contributed by atoms with E-state index in [0.717, 1.165) is 5.56 Å². The summed E-state index contributed by atoms with van der Waals surface area (Å²) in [5.74, 6) is 1.21. The van der Waals surface area contributed by atoms with Crippen LogP contribution in [0, 0.1) is 18.3 Å². The second-order valence-corrected chi connectivity index (χ2v) is 3.25. The second kappa shape index (κ2) is 4.49. The second-order valence-electron chi connectivity index (χ2n) is 3.25. The van der Waals surface area contributed by atoms with E-state index in [1.807, 2.05) is 13.0 Å². The van der Waals surface area contributed by atoms with Crippen LogP contribution >= 0.6 is 0 Å². The van der Waals surface area contributed by atoms with Gasteiger partial charge in [0.05, 0.1) is 6.07 Å².